The molecular formula is C17H18ClN3O3. The topological polar surface area (TPSA) is 84.2 Å². The van der Waals surface area contributed by atoms with Crippen LogP contribution in [-0.2, 0) is 16.0 Å². The number of amides is 2. The predicted octanol–water partition coefficient (Wildman–Crippen LogP) is 2.24. The van der Waals surface area contributed by atoms with Gasteiger partial charge in [0.1, 0.15) is 5.76 Å². The second-order valence-electron chi connectivity index (χ2n) is 5.83. The van der Waals surface area contributed by atoms with E-state index in [1.165, 1.54) is 0 Å². The van der Waals surface area contributed by atoms with E-state index in [-0.39, 0.29) is 30.8 Å². The molecule has 0 radical (unpaired) electrons. The van der Waals surface area contributed by atoms with Crippen LogP contribution in [0.3, 0.4) is 0 Å². The second kappa shape index (κ2) is 7.05. The third kappa shape index (κ3) is 4.35. The summed E-state index contributed by atoms with van der Waals surface area (Å²) >= 11 is 5.97. The van der Waals surface area contributed by atoms with Crippen molar-refractivity contribution >= 4 is 23.4 Å². The summed E-state index contributed by atoms with van der Waals surface area (Å²) in [5.74, 6) is 0.559. The number of hydrogen-bond donors (Lipinski definition) is 2. The van der Waals surface area contributed by atoms with Crippen molar-refractivity contribution in [2.45, 2.75) is 32.2 Å². The number of halogens is 1. The van der Waals surface area contributed by atoms with Crippen molar-refractivity contribution in [2.24, 2.45) is 0 Å². The predicted molar refractivity (Wildman–Crippen MR) is 89.6 cm³/mol. The Bertz CT molecular complexity index is 768. The average Bonchev–Trinajstić information content (AvgIpc) is 3.28. The standard InChI is InChI=1S/C17H18ClN3O3/c1-10-14(8-15(22)19-9-16(23)20-13-5-6-13)21-17(24-10)11-3-2-4-12(18)7-11/h2-4,7,13H,5-6,8-9H2,1H3,(H,19,22)(H,20,23). The molecule has 0 aliphatic heterocycles. The molecule has 2 aromatic rings. The van der Waals surface area contributed by atoms with E-state index < -0.39 is 0 Å². The van der Waals surface area contributed by atoms with Gasteiger partial charge in [0.15, 0.2) is 0 Å². The Morgan fingerprint density at radius 2 is 2.12 bits per heavy atom. The van der Waals surface area contributed by atoms with Gasteiger partial charge in [0, 0.05) is 16.6 Å². The maximum Gasteiger partial charge on any atom is 0.239 e. The lowest BCUT2D eigenvalue weighted by molar-refractivity contribution is -0.125. The minimum atomic E-state index is -0.269. The van der Waals surface area contributed by atoms with Crippen LogP contribution in [0.25, 0.3) is 11.5 Å². The smallest absolute Gasteiger partial charge is 0.239 e. The molecule has 126 valence electrons. The summed E-state index contributed by atoms with van der Waals surface area (Å²) in [6.07, 6.45) is 2.10. The molecule has 0 bridgehead atoms. The lowest BCUT2D eigenvalue weighted by atomic mass is 10.2. The molecule has 6 nitrogen and oxygen atoms in total. The van der Waals surface area contributed by atoms with Gasteiger partial charge in [-0.05, 0) is 38.0 Å². The maximum absolute atomic E-state index is 12.0. The first kappa shape index (κ1) is 16.5. The van der Waals surface area contributed by atoms with E-state index in [9.17, 15) is 9.59 Å². The first-order valence-electron chi connectivity index (χ1n) is 7.79. The van der Waals surface area contributed by atoms with Gasteiger partial charge in [0.2, 0.25) is 17.7 Å². The number of carbonyl (C=O) groups excluding carboxylic acids is 2. The molecule has 0 unspecified atom stereocenters. The Morgan fingerprint density at radius 3 is 2.83 bits per heavy atom. The van der Waals surface area contributed by atoms with E-state index in [2.05, 4.69) is 15.6 Å². The normalized spacial score (nSPS) is 13.6. The van der Waals surface area contributed by atoms with Crippen LogP contribution >= 0.6 is 11.6 Å². The van der Waals surface area contributed by atoms with Crippen molar-refractivity contribution in [1.82, 2.24) is 15.6 Å². The van der Waals surface area contributed by atoms with E-state index in [1.54, 1.807) is 19.1 Å². The van der Waals surface area contributed by atoms with Gasteiger partial charge in [-0.2, -0.15) is 0 Å². The quantitative estimate of drug-likeness (QED) is 0.839. The van der Waals surface area contributed by atoms with E-state index in [1.807, 2.05) is 12.1 Å². The van der Waals surface area contributed by atoms with Crippen molar-refractivity contribution in [3.05, 3.63) is 40.7 Å². The number of nitrogens with one attached hydrogen (secondary N) is 2. The van der Waals surface area contributed by atoms with Crippen LogP contribution in [0.2, 0.25) is 5.02 Å². The Kier molecular flexibility index (Phi) is 4.85. The Morgan fingerprint density at radius 1 is 1.33 bits per heavy atom. The fourth-order valence-corrected chi connectivity index (χ4v) is 2.43. The number of oxazole rings is 1. The molecule has 7 heteroatoms. The summed E-state index contributed by atoms with van der Waals surface area (Å²) in [7, 11) is 0. The third-order valence-electron chi connectivity index (χ3n) is 3.68. The molecule has 1 fully saturated rings. The largest absolute Gasteiger partial charge is 0.441 e. The van der Waals surface area contributed by atoms with Crippen LogP contribution in [0.15, 0.2) is 28.7 Å². The Balaban J connectivity index is 1.58. The van der Waals surface area contributed by atoms with Crippen molar-refractivity contribution in [3.8, 4) is 11.5 Å². The van der Waals surface area contributed by atoms with E-state index >= 15 is 0 Å². The van der Waals surface area contributed by atoms with E-state index in [4.69, 9.17) is 16.0 Å². The van der Waals surface area contributed by atoms with Gasteiger partial charge in [0.25, 0.3) is 0 Å². The zero-order valence-corrected chi connectivity index (χ0v) is 14.0. The van der Waals surface area contributed by atoms with Crippen molar-refractivity contribution in [2.75, 3.05) is 6.54 Å². The fraction of sp³-hybridized carbons (Fsp3) is 0.353. The zero-order chi connectivity index (χ0) is 17.1. The minimum absolute atomic E-state index is 0.0205. The average molecular weight is 348 g/mol. The van der Waals surface area contributed by atoms with Crippen LogP contribution in [0.1, 0.15) is 24.3 Å². The summed E-state index contributed by atoms with van der Waals surface area (Å²) in [6.45, 7) is 1.73. The number of aryl methyl sites for hydroxylation is 1. The molecule has 0 spiro atoms. The first-order chi connectivity index (χ1) is 11.5. The van der Waals surface area contributed by atoms with Crippen LogP contribution in [0, 0.1) is 6.92 Å². The third-order valence-corrected chi connectivity index (χ3v) is 3.92. The molecule has 1 aliphatic rings. The SMILES string of the molecule is Cc1oc(-c2cccc(Cl)c2)nc1CC(=O)NCC(=O)NC1CC1. The molecule has 0 saturated heterocycles. The molecule has 2 N–H and O–H groups in total. The zero-order valence-electron chi connectivity index (χ0n) is 13.3. The molecule has 1 aliphatic carbocycles. The highest BCUT2D eigenvalue weighted by Gasteiger charge is 2.23. The number of benzene rings is 1. The van der Waals surface area contributed by atoms with Gasteiger partial charge < -0.3 is 15.1 Å². The molecule has 1 aromatic carbocycles. The molecule has 2 amide bonds. The lowest BCUT2D eigenvalue weighted by Crippen LogP contribution is -2.38. The summed E-state index contributed by atoms with van der Waals surface area (Å²) < 4.78 is 5.61. The molecule has 1 aromatic heterocycles. The van der Waals surface area contributed by atoms with Gasteiger partial charge in [-0.25, -0.2) is 4.98 Å². The number of rotatable bonds is 6. The molecule has 1 heterocycles. The van der Waals surface area contributed by atoms with E-state index in [0.29, 0.717) is 22.4 Å². The first-order valence-corrected chi connectivity index (χ1v) is 8.17. The van der Waals surface area contributed by atoms with Crippen molar-refractivity contribution in [1.29, 1.82) is 0 Å². The number of nitrogens with zero attached hydrogens (tertiary/aromatic N) is 1. The highest BCUT2D eigenvalue weighted by Crippen LogP contribution is 2.24. The molecule has 1 saturated carbocycles. The van der Waals surface area contributed by atoms with Crippen molar-refractivity contribution < 1.29 is 14.0 Å². The van der Waals surface area contributed by atoms with Crippen molar-refractivity contribution in [3.63, 3.8) is 0 Å². The van der Waals surface area contributed by atoms with Gasteiger partial charge in [-0.15, -0.1) is 0 Å². The number of carbonyl (C=O) groups is 2. The van der Waals surface area contributed by atoms with Crippen LogP contribution in [-0.4, -0.2) is 29.4 Å². The lowest BCUT2D eigenvalue weighted by Gasteiger charge is -2.05. The Labute approximate surface area is 144 Å². The minimum Gasteiger partial charge on any atom is -0.441 e. The fourth-order valence-electron chi connectivity index (χ4n) is 2.24. The summed E-state index contributed by atoms with van der Waals surface area (Å²) in [4.78, 5) is 27.9. The molecule has 0 atom stereocenters. The van der Waals surface area contributed by atoms with Crippen LogP contribution in [0.4, 0.5) is 0 Å². The van der Waals surface area contributed by atoms with Gasteiger partial charge >= 0.3 is 0 Å². The van der Waals surface area contributed by atoms with Gasteiger partial charge in [-0.1, -0.05) is 17.7 Å². The summed E-state index contributed by atoms with van der Waals surface area (Å²) in [5.41, 5.74) is 1.30. The monoisotopic (exact) mass is 347 g/mol. The molecule has 3 rings (SSSR count). The van der Waals surface area contributed by atoms with Gasteiger partial charge in [0.05, 0.1) is 18.7 Å². The summed E-state index contributed by atoms with van der Waals surface area (Å²) in [5, 5.41) is 6.00. The molecular weight excluding hydrogens is 330 g/mol. The second-order valence-corrected chi connectivity index (χ2v) is 6.26. The highest BCUT2D eigenvalue weighted by molar-refractivity contribution is 6.30. The van der Waals surface area contributed by atoms with Crippen LogP contribution in [0.5, 0.6) is 0 Å². The van der Waals surface area contributed by atoms with Gasteiger partial charge in [-0.3, -0.25) is 9.59 Å². The Hall–Kier alpha value is -2.34. The number of hydrogen-bond acceptors (Lipinski definition) is 4. The molecule has 24 heavy (non-hydrogen) atoms. The van der Waals surface area contributed by atoms with E-state index in [0.717, 1.165) is 18.4 Å². The maximum atomic E-state index is 12.0. The number of aromatic nitrogens is 1. The van der Waals surface area contributed by atoms with Crippen LogP contribution < -0.4 is 10.6 Å². The highest BCUT2D eigenvalue weighted by atomic mass is 35.5. The summed E-state index contributed by atoms with van der Waals surface area (Å²) in [6, 6.07) is 7.44.